The van der Waals surface area contributed by atoms with Crippen LogP contribution in [0.4, 0.5) is 0 Å². The molecule has 0 spiro atoms. The van der Waals surface area contributed by atoms with Gasteiger partial charge in [0.25, 0.3) is 0 Å². The Morgan fingerprint density at radius 1 is 0.370 bits per heavy atom. The van der Waals surface area contributed by atoms with E-state index >= 15 is 0 Å². The zero-order valence-corrected chi connectivity index (χ0v) is 18.0. The second kappa shape index (κ2) is 21.3. The Balaban J connectivity index is 2.17. The molecule has 0 amide bonds. The van der Waals surface area contributed by atoms with Gasteiger partial charge in [0, 0.05) is 0 Å². The second-order valence-corrected chi connectivity index (χ2v) is 8.12. The van der Waals surface area contributed by atoms with Crippen LogP contribution in [0.3, 0.4) is 0 Å². The Hall–Kier alpha value is -1.04. The van der Waals surface area contributed by atoms with E-state index in [0.29, 0.717) is 0 Å². The zero-order chi connectivity index (χ0) is 19.1. The molecule has 0 aromatic heterocycles. The van der Waals surface area contributed by atoms with Crippen molar-refractivity contribution < 1.29 is 0 Å². The van der Waals surface area contributed by atoms with Crippen LogP contribution in [0.15, 0.2) is 42.5 Å². The van der Waals surface area contributed by atoms with E-state index in [1.165, 1.54) is 116 Å². The summed E-state index contributed by atoms with van der Waals surface area (Å²) in [6, 6.07) is 0. The first-order chi connectivity index (χ1) is 13.5. The van der Waals surface area contributed by atoms with Crippen molar-refractivity contribution in [2.75, 3.05) is 0 Å². The molecule has 0 aliphatic heterocycles. The Bertz CT molecular complexity index is 358. The molecule has 0 heteroatoms. The van der Waals surface area contributed by atoms with Gasteiger partial charge in [-0.3, -0.25) is 0 Å². The molecule has 1 aliphatic carbocycles. The highest BCUT2D eigenvalue weighted by molar-refractivity contribution is 5.14. The fraction of sp³-hybridized carbons (Fsp3) is 0.704. The van der Waals surface area contributed by atoms with Gasteiger partial charge in [-0.25, -0.2) is 0 Å². The number of hydrogen-bond donors (Lipinski definition) is 0. The first-order valence-corrected chi connectivity index (χ1v) is 12.1. The average molecular weight is 370 g/mol. The normalized spacial score (nSPS) is 26.4. The van der Waals surface area contributed by atoms with E-state index in [9.17, 15) is 0 Å². The van der Waals surface area contributed by atoms with Gasteiger partial charge in [0.1, 0.15) is 0 Å². The van der Waals surface area contributed by atoms with Crippen molar-refractivity contribution in [3.63, 3.8) is 0 Å². The van der Waals surface area contributed by atoms with E-state index in [-0.39, 0.29) is 0 Å². The highest BCUT2D eigenvalue weighted by Crippen LogP contribution is 2.14. The first kappa shape index (κ1) is 24.0. The monoisotopic (exact) mass is 369 g/mol. The molecule has 0 N–H and O–H groups in total. The van der Waals surface area contributed by atoms with Crippen LogP contribution in [0.2, 0.25) is 0 Å². The van der Waals surface area contributed by atoms with E-state index in [1.807, 2.05) is 0 Å². The smallest absolute Gasteiger partial charge is 0.0276 e. The van der Waals surface area contributed by atoms with Crippen LogP contribution < -0.4 is 0 Å². The van der Waals surface area contributed by atoms with E-state index in [0.717, 1.165) is 6.42 Å². The first-order valence-electron chi connectivity index (χ1n) is 12.1. The molecule has 0 nitrogen and oxygen atoms in total. The Kier molecular flexibility index (Phi) is 18.9. The SMILES string of the molecule is [C]1=C/C=C\C=C/C=C\CCCCCCCCCCCCCCCCCCC\1. The number of allylic oxidation sites excluding steroid dienone is 8. The molecule has 1 radical (unpaired) electrons. The summed E-state index contributed by atoms with van der Waals surface area (Å²) in [5.41, 5.74) is 0. The standard InChI is InChI=1S/C27H45/c1-2-4-6-8-10-12-14-16-18-20-22-24-26-27-25-23-21-19-17-15-13-11-9-7-5-3-1/h1-7H,8,10-27H2/b2-1-,5-3-,6-4-,9-7?. The van der Waals surface area contributed by atoms with E-state index in [4.69, 9.17) is 0 Å². The second-order valence-electron chi connectivity index (χ2n) is 8.12. The average Bonchev–Trinajstić information content (AvgIpc) is 2.68. The molecule has 0 aromatic rings. The summed E-state index contributed by atoms with van der Waals surface area (Å²) >= 11 is 0. The third-order valence-electron chi connectivity index (χ3n) is 5.49. The van der Waals surface area contributed by atoms with Crippen LogP contribution >= 0.6 is 0 Å². The van der Waals surface area contributed by atoms with Crippen LogP contribution in [-0.4, -0.2) is 0 Å². The fourth-order valence-electron chi connectivity index (χ4n) is 3.72. The maximum atomic E-state index is 3.39. The van der Waals surface area contributed by atoms with E-state index in [2.05, 4.69) is 48.6 Å². The quantitative estimate of drug-likeness (QED) is 0.399. The molecular weight excluding hydrogens is 324 g/mol. The summed E-state index contributed by atoms with van der Waals surface area (Å²) in [5.74, 6) is 0. The third kappa shape index (κ3) is 19.5. The number of hydrogen-bond acceptors (Lipinski definition) is 0. The van der Waals surface area contributed by atoms with Crippen molar-refractivity contribution in [1.29, 1.82) is 0 Å². The fourth-order valence-corrected chi connectivity index (χ4v) is 3.72. The molecule has 0 atom stereocenters. The maximum absolute atomic E-state index is 3.39. The van der Waals surface area contributed by atoms with Gasteiger partial charge in [-0.15, -0.1) is 0 Å². The van der Waals surface area contributed by atoms with Crippen LogP contribution in [-0.2, 0) is 0 Å². The van der Waals surface area contributed by atoms with Crippen molar-refractivity contribution in [3.8, 4) is 0 Å². The topological polar surface area (TPSA) is 0 Å². The van der Waals surface area contributed by atoms with Crippen LogP contribution in [0.25, 0.3) is 0 Å². The summed E-state index contributed by atoms with van der Waals surface area (Å²) in [6.45, 7) is 0. The summed E-state index contributed by atoms with van der Waals surface area (Å²) in [7, 11) is 0. The van der Waals surface area contributed by atoms with Gasteiger partial charge in [0.05, 0.1) is 0 Å². The van der Waals surface area contributed by atoms with Crippen LogP contribution in [0, 0.1) is 6.08 Å². The van der Waals surface area contributed by atoms with Gasteiger partial charge in [-0.2, -0.15) is 0 Å². The van der Waals surface area contributed by atoms with E-state index in [1.54, 1.807) is 0 Å². The molecule has 0 unspecified atom stereocenters. The molecular formula is C27H45. The molecule has 1 aliphatic rings. The minimum absolute atomic E-state index is 1.11. The molecule has 0 saturated carbocycles. The van der Waals surface area contributed by atoms with Crippen molar-refractivity contribution >= 4 is 0 Å². The largest absolute Gasteiger partial charge is 0.0845 e. The lowest BCUT2D eigenvalue weighted by molar-refractivity contribution is 0.526. The minimum atomic E-state index is 1.11. The zero-order valence-electron chi connectivity index (χ0n) is 18.0. The molecule has 0 heterocycles. The van der Waals surface area contributed by atoms with Crippen molar-refractivity contribution in [1.82, 2.24) is 0 Å². The summed E-state index contributed by atoms with van der Waals surface area (Å²) < 4.78 is 0. The van der Waals surface area contributed by atoms with Gasteiger partial charge in [-0.1, -0.05) is 139 Å². The van der Waals surface area contributed by atoms with Crippen LogP contribution in [0.1, 0.15) is 122 Å². The maximum Gasteiger partial charge on any atom is -0.0276 e. The van der Waals surface area contributed by atoms with Crippen molar-refractivity contribution in [2.45, 2.75) is 122 Å². The Morgan fingerprint density at radius 3 is 1.33 bits per heavy atom. The van der Waals surface area contributed by atoms with Gasteiger partial charge < -0.3 is 0 Å². The molecule has 1 rings (SSSR count). The summed E-state index contributed by atoms with van der Waals surface area (Å²) in [4.78, 5) is 0. The Labute approximate surface area is 170 Å². The summed E-state index contributed by atoms with van der Waals surface area (Å²) in [6.07, 6.45) is 45.0. The molecule has 0 saturated heterocycles. The van der Waals surface area contributed by atoms with Crippen LogP contribution in [0.5, 0.6) is 0 Å². The molecule has 0 fully saturated rings. The summed E-state index contributed by atoms with van der Waals surface area (Å²) in [5, 5.41) is 0. The van der Waals surface area contributed by atoms with Crippen molar-refractivity contribution in [3.05, 3.63) is 48.6 Å². The van der Waals surface area contributed by atoms with E-state index < -0.39 is 0 Å². The molecule has 0 aromatic carbocycles. The lowest BCUT2D eigenvalue weighted by atomic mass is 10.0. The Morgan fingerprint density at radius 2 is 0.778 bits per heavy atom. The lowest BCUT2D eigenvalue weighted by Crippen LogP contribution is -1.84. The lowest BCUT2D eigenvalue weighted by Gasteiger charge is -2.03. The molecule has 27 heavy (non-hydrogen) atoms. The predicted octanol–water partition coefficient (Wildman–Crippen LogP) is 9.44. The minimum Gasteiger partial charge on any atom is -0.0845 e. The van der Waals surface area contributed by atoms with Gasteiger partial charge in [-0.05, 0) is 31.8 Å². The van der Waals surface area contributed by atoms with Gasteiger partial charge in [0.2, 0.25) is 0 Å². The van der Waals surface area contributed by atoms with Gasteiger partial charge >= 0.3 is 0 Å². The molecule has 153 valence electrons. The predicted molar refractivity (Wildman–Crippen MR) is 123 cm³/mol. The van der Waals surface area contributed by atoms with Crippen molar-refractivity contribution in [2.24, 2.45) is 0 Å². The molecule has 0 bridgehead atoms. The highest BCUT2D eigenvalue weighted by atomic mass is 14.0. The number of rotatable bonds is 0. The third-order valence-corrected chi connectivity index (χ3v) is 5.49. The highest BCUT2D eigenvalue weighted by Gasteiger charge is 1.95. The van der Waals surface area contributed by atoms with Gasteiger partial charge in [0.15, 0.2) is 0 Å².